The van der Waals surface area contributed by atoms with E-state index in [1.807, 2.05) is 32.0 Å². The van der Waals surface area contributed by atoms with Gasteiger partial charge in [-0.05, 0) is 63.0 Å². The smallest absolute Gasteiger partial charge is 0.261 e. The van der Waals surface area contributed by atoms with E-state index in [4.69, 9.17) is 4.74 Å². The molecule has 1 aromatic rings. The van der Waals surface area contributed by atoms with Crippen molar-refractivity contribution in [2.45, 2.75) is 44.8 Å². The molecule has 2 rings (SSSR count). The Hall–Kier alpha value is -1.59. The van der Waals surface area contributed by atoms with Crippen molar-refractivity contribution >= 4 is 5.91 Å². The molecule has 0 aliphatic heterocycles. The van der Waals surface area contributed by atoms with Crippen LogP contribution < -0.4 is 10.1 Å². The maximum Gasteiger partial charge on any atom is 0.261 e. The maximum atomic E-state index is 12.2. The summed E-state index contributed by atoms with van der Waals surface area (Å²) in [6.45, 7) is 2.68. The third kappa shape index (κ3) is 5.22. The Morgan fingerprint density at radius 3 is 2.78 bits per heavy atom. The van der Waals surface area contributed by atoms with E-state index in [9.17, 15) is 9.90 Å². The molecule has 2 atom stereocenters. The van der Waals surface area contributed by atoms with Gasteiger partial charge in [0.15, 0.2) is 6.10 Å². The van der Waals surface area contributed by atoms with Crippen molar-refractivity contribution in [2.75, 3.05) is 27.2 Å². The Bertz CT molecular complexity index is 531. The van der Waals surface area contributed by atoms with Crippen LogP contribution in [0.1, 0.15) is 30.9 Å². The van der Waals surface area contributed by atoms with Gasteiger partial charge in [-0.15, -0.1) is 0 Å². The van der Waals surface area contributed by atoms with Crippen molar-refractivity contribution in [3.63, 3.8) is 0 Å². The molecule has 0 fully saturated rings. The second kappa shape index (κ2) is 8.31. The Morgan fingerprint density at radius 1 is 1.35 bits per heavy atom. The molecule has 2 unspecified atom stereocenters. The first-order chi connectivity index (χ1) is 11.0. The average Bonchev–Trinajstić information content (AvgIpc) is 2.97. The minimum atomic E-state index is -0.577. The van der Waals surface area contributed by atoms with Gasteiger partial charge in [0.25, 0.3) is 5.91 Å². The summed E-state index contributed by atoms with van der Waals surface area (Å²) >= 11 is 0. The number of carbonyl (C=O) groups excluding carboxylic acids is 1. The van der Waals surface area contributed by atoms with Crippen LogP contribution in [-0.2, 0) is 17.6 Å². The normalized spacial score (nSPS) is 16.0. The molecule has 128 valence electrons. The minimum absolute atomic E-state index is 0.175. The number of amides is 1. The summed E-state index contributed by atoms with van der Waals surface area (Å²) in [5.41, 5.74) is 2.72. The van der Waals surface area contributed by atoms with Gasteiger partial charge in [-0.25, -0.2) is 0 Å². The van der Waals surface area contributed by atoms with E-state index < -0.39 is 12.2 Å². The van der Waals surface area contributed by atoms with Crippen LogP contribution in [0.5, 0.6) is 5.75 Å². The van der Waals surface area contributed by atoms with Crippen molar-refractivity contribution < 1.29 is 14.6 Å². The maximum absolute atomic E-state index is 12.2. The number of benzene rings is 1. The third-order valence-corrected chi connectivity index (χ3v) is 4.10. The molecule has 1 aromatic carbocycles. The lowest BCUT2D eigenvalue weighted by Gasteiger charge is -2.20. The Kier molecular flexibility index (Phi) is 6.42. The van der Waals surface area contributed by atoms with E-state index in [1.54, 1.807) is 0 Å². The molecule has 0 bridgehead atoms. The van der Waals surface area contributed by atoms with Crippen molar-refractivity contribution in [3.05, 3.63) is 29.3 Å². The lowest BCUT2D eigenvalue weighted by Crippen LogP contribution is -2.43. The number of fused-ring (bicyclic) bond motifs is 1. The monoisotopic (exact) mass is 320 g/mol. The number of nitrogens with zero attached hydrogens (tertiary/aromatic N) is 1. The van der Waals surface area contributed by atoms with Gasteiger partial charge in [-0.1, -0.05) is 13.0 Å². The van der Waals surface area contributed by atoms with Crippen LogP contribution >= 0.6 is 0 Å². The van der Waals surface area contributed by atoms with Gasteiger partial charge in [0.1, 0.15) is 5.75 Å². The van der Waals surface area contributed by atoms with Crippen molar-refractivity contribution in [3.8, 4) is 5.75 Å². The molecule has 0 aromatic heterocycles. The van der Waals surface area contributed by atoms with Crippen LogP contribution in [0.15, 0.2) is 18.2 Å². The van der Waals surface area contributed by atoms with Gasteiger partial charge in [-0.3, -0.25) is 4.79 Å². The van der Waals surface area contributed by atoms with Gasteiger partial charge >= 0.3 is 0 Å². The number of aliphatic hydroxyl groups excluding tert-OH is 1. The summed E-state index contributed by atoms with van der Waals surface area (Å²) in [4.78, 5) is 14.1. The highest BCUT2D eigenvalue weighted by molar-refractivity contribution is 5.81. The van der Waals surface area contributed by atoms with Crippen molar-refractivity contribution in [2.24, 2.45) is 0 Å². The van der Waals surface area contributed by atoms with Crippen molar-refractivity contribution in [1.82, 2.24) is 10.2 Å². The van der Waals surface area contributed by atoms with Crippen LogP contribution in [0.25, 0.3) is 0 Å². The largest absolute Gasteiger partial charge is 0.481 e. The second-order valence-electron chi connectivity index (χ2n) is 6.46. The van der Waals surface area contributed by atoms with Crippen molar-refractivity contribution in [1.29, 1.82) is 0 Å². The van der Waals surface area contributed by atoms with Gasteiger partial charge in [-0.2, -0.15) is 0 Å². The standard InChI is InChI=1S/C18H28N2O3/c1-4-17(18(22)19-11-15(21)12-20(2)3)23-16-9-8-13-6-5-7-14(13)10-16/h8-10,15,17,21H,4-7,11-12H2,1-3H3,(H,19,22). The van der Waals surface area contributed by atoms with E-state index in [-0.39, 0.29) is 12.5 Å². The Balaban J connectivity index is 1.87. The average molecular weight is 320 g/mol. The van der Waals surface area contributed by atoms with Gasteiger partial charge in [0, 0.05) is 13.1 Å². The molecular weight excluding hydrogens is 292 g/mol. The zero-order valence-electron chi connectivity index (χ0n) is 14.3. The van der Waals surface area contributed by atoms with Crippen LogP contribution in [-0.4, -0.2) is 55.3 Å². The number of hydrogen-bond donors (Lipinski definition) is 2. The Labute approximate surface area is 138 Å². The number of aliphatic hydroxyl groups is 1. The number of rotatable bonds is 8. The summed E-state index contributed by atoms with van der Waals surface area (Å²) in [7, 11) is 3.77. The van der Waals surface area contributed by atoms with E-state index in [0.717, 1.165) is 18.6 Å². The third-order valence-electron chi connectivity index (χ3n) is 4.10. The summed E-state index contributed by atoms with van der Waals surface area (Å²) in [6, 6.07) is 6.10. The molecule has 0 spiro atoms. The second-order valence-corrected chi connectivity index (χ2v) is 6.46. The topological polar surface area (TPSA) is 61.8 Å². The molecular formula is C18H28N2O3. The summed E-state index contributed by atoms with van der Waals surface area (Å²) in [5, 5.41) is 12.6. The van der Waals surface area contributed by atoms with Crippen LogP contribution in [0.2, 0.25) is 0 Å². The van der Waals surface area contributed by atoms with Gasteiger partial charge in [0.05, 0.1) is 6.10 Å². The highest BCUT2D eigenvalue weighted by atomic mass is 16.5. The lowest BCUT2D eigenvalue weighted by molar-refractivity contribution is -0.128. The van der Waals surface area contributed by atoms with Crippen LogP contribution in [0.4, 0.5) is 0 Å². The van der Waals surface area contributed by atoms with Crippen LogP contribution in [0.3, 0.4) is 0 Å². The SMILES string of the molecule is CCC(Oc1ccc2c(c1)CCC2)C(=O)NCC(O)CN(C)C. The number of aryl methyl sites for hydroxylation is 2. The quantitative estimate of drug-likeness (QED) is 0.759. The molecule has 0 radical (unpaired) electrons. The predicted octanol–water partition coefficient (Wildman–Crippen LogP) is 1.37. The molecule has 0 heterocycles. The molecule has 5 nitrogen and oxygen atoms in total. The molecule has 5 heteroatoms. The van der Waals surface area contributed by atoms with Crippen LogP contribution in [0, 0.1) is 0 Å². The fourth-order valence-corrected chi connectivity index (χ4v) is 2.93. The predicted molar refractivity (Wildman–Crippen MR) is 90.7 cm³/mol. The molecule has 1 amide bonds. The first-order valence-electron chi connectivity index (χ1n) is 8.38. The van der Waals surface area contributed by atoms with E-state index in [2.05, 4.69) is 17.4 Å². The molecule has 23 heavy (non-hydrogen) atoms. The summed E-state index contributed by atoms with van der Waals surface area (Å²) in [5.74, 6) is 0.576. The Morgan fingerprint density at radius 2 is 2.09 bits per heavy atom. The highest BCUT2D eigenvalue weighted by Crippen LogP contribution is 2.26. The summed E-state index contributed by atoms with van der Waals surface area (Å²) in [6.07, 6.45) is 2.91. The van der Waals surface area contributed by atoms with Gasteiger partial charge < -0.3 is 20.1 Å². The number of ether oxygens (including phenoxy) is 1. The molecule has 2 N–H and O–H groups in total. The lowest BCUT2D eigenvalue weighted by atomic mass is 10.1. The molecule has 0 saturated carbocycles. The first kappa shape index (κ1) is 17.8. The molecule has 1 aliphatic rings. The van der Waals surface area contributed by atoms with E-state index >= 15 is 0 Å². The zero-order valence-corrected chi connectivity index (χ0v) is 14.3. The van der Waals surface area contributed by atoms with E-state index in [1.165, 1.54) is 17.5 Å². The first-order valence-corrected chi connectivity index (χ1v) is 8.38. The zero-order chi connectivity index (χ0) is 16.8. The number of hydrogen-bond acceptors (Lipinski definition) is 4. The summed E-state index contributed by atoms with van der Waals surface area (Å²) < 4.78 is 5.86. The fraction of sp³-hybridized carbons (Fsp3) is 0.611. The fourth-order valence-electron chi connectivity index (χ4n) is 2.93. The van der Waals surface area contributed by atoms with E-state index in [0.29, 0.717) is 13.0 Å². The van der Waals surface area contributed by atoms with Gasteiger partial charge in [0.2, 0.25) is 0 Å². The number of likely N-dealkylation sites (N-methyl/N-ethyl adjacent to an activating group) is 1. The highest BCUT2D eigenvalue weighted by Gasteiger charge is 2.20. The number of carbonyl (C=O) groups is 1. The molecule has 1 aliphatic carbocycles. The number of nitrogens with one attached hydrogen (secondary N) is 1. The molecule has 0 saturated heterocycles. The minimum Gasteiger partial charge on any atom is -0.481 e.